The van der Waals surface area contributed by atoms with E-state index in [4.69, 9.17) is 0 Å². The van der Waals surface area contributed by atoms with Crippen molar-refractivity contribution < 1.29 is 0 Å². The van der Waals surface area contributed by atoms with Crippen LogP contribution < -0.4 is 10.6 Å². The molecule has 0 spiro atoms. The summed E-state index contributed by atoms with van der Waals surface area (Å²) in [6.07, 6.45) is 0. The first-order valence-electron chi connectivity index (χ1n) is 7.39. The largest absolute Gasteiger partial charge is 0.357 e. The first-order valence-corrected chi connectivity index (χ1v) is 7.39. The molecule has 2 N–H and O–H groups in total. The molecule has 0 aliphatic heterocycles. The molecule has 0 aliphatic carbocycles. The summed E-state index contributed by atoms with van der Waals surface area (Å²) in [5.74, 6) is 0.849. The van der Waals surface area contributed by atoms with Crippen LogP contribution in [-0.2, 0) is 13.1 Å². The van der Waals surface area contributed by atoms with E-state index in [1.165, 1.54) is 16.7 Å². The molecular formula is C18H23N3. The van der Waals surface area contributed by atoms with Gasteiger partial charge in [0.05, 0.1) is 6.54 Å². The van der Waals surface area contributed by atoms with Crippen molar-refractivity contribution in [3.63, 3.8) is 0 Å². The van der Waals surface area contributed by atoms with Crippen LogP contribution in [0.1, 0.15) is 23.6 Å². The second kappa shape index (κ2) is 8.10. The van der Waals surface area contributed by atoms with Crippen molar-refractivity contribution in [2.75, 3.05) is 6.54 Å². The molecule has 3 heteroatoms. The van der Waals surface area contributed by atoms with Crippen LogP contribution in [0.3, 0.4) is 0 Å². The lowest BCUT2D eigenvalue weighted by Crippen LogP contribution is -2.36. The first kappa shape index (κ1) is 15.1. The van der Waals surface area contributed by atoms with Crippen LogP contribution in [0.5, 0.6) is 0 Å². The summed E-state index contributed by atoms with van der Waals surface area (Å²) in [5.41, 5.74) is 3.75. The Morgan fingerprint density at radius 3 is 2.29 bits per heavy atom. The van der Waals surface area contributed by atoms with Gasteiger partial charge in [-0.15, -0.1) is 0 Å². The van der Waals surface area contributed by atoms with E-state index in [-0.39, 0.29) is 0 Å². The van der Waals surface area contributed by atoms with Crippen molar-refractivity contribution >= 4 is 5.96 Å². The highest BCUT2D eigenvalue weighted by molar-refractivity contribution is 5.79. The third kappa shape index (κ3) is 5.30. The average molecular weight is 281 g/mol. The molecule has 0 unspecified atom stereocenters. The standard InChI is InChI=1S/C18H23N3/c1-3-19-18(20-13-16-7-5-4-6-8-16)21-14-17-11-9-15(2)10-12-17/h4-12H,3,13-14H2,1-2H3,(H2,19,20,21). The molecule has 0 bridgehead atoms. The van der Waals surface area contributed by atoms with Crippen LogP contribution >= 0.6 is 0 Å². The molecule has 2 aromatic carbocycles. The normalized spacial score (nSPS) is 11.2. The summed E-state index contributed by atoms with van der Waals surface area (Å²) in [6, 6.07) is 18.8. The maximum Gasteiger partial charge on any atom is 0.191 e. The van der Waals surface area contributed by atoms with Gasteiger partial charge in [0.1, 0.15) is 0 Å². The molecule has 0 saturated carbocycles. The molecule has 0 heterocycles. The molecule has 2 rings (SSSR count). The van der Waals surface area contributed by atoms with Gasteiger partial charge in [-0.05, 0) is 25.0 Å². The van der Waals surface area contributed by atoms with Gasteiger partial charge in [-0.1, -0.05) is 60.2 Å². The minimum absolute atomic E-state index is 0.685. The second-order valence-electron chi connectivity index (χ2n) is 5.02. The first-order chi connectivity index (χ1) is 10.3. The van der Waals surface area contributed by atoms with E-state index < -0.39 is 0 Å². The van der Waals surface area contributed by atoms with Gasteiger partial charge in [-0.3, -0.25) is 0 Å². The Hall–Kier alpha value is -2.29. The fourth-order valence-corrected chi connectivity index (χ4v) is 1.99. The maximum atomic E-state index is 4.61. The Kier molecular flexibility index (Phi) is 5.83. The Bertz CT molecular complexity index is 559. The van der Waals surface area contributed by atoms with Gasteiger partial charge in [-0.2, -0.15) is 0 Å². The van der Waals surface area contributed by atoms with Crippen LogP contribution in [0.15, 0.2) is 59.6 Å². The Balaban J connectivity index is 1.93. The monoisotopic (exact) mass is 281 g/mol. The molecule has 0 saturated heterocycles. The van der Waals surface area contributed by atoms with E-state index in [0.29, 0.717) is 6.54 Å². The summed E-state index contributed by atoms with van der Waals surface area (Å²) >= 11 is 0. The molecule has 3 nitrogen and oxygen atoms in total. The summed E-state index contributed by atoms with van der Waals surface area (Å²) in [7, 11) is 0. The lowest BCUT2D eigenvalue weighted by atomic mass is 10.1. The minimum atomic E-state index is 0.685. The lowest BCUT2D eigenvalue weighted by molar-refractivity contribution is 0.816. The van der Waals surface area contributed by atoms with E-state index in [2.05, 4.69) is 65.9 Å². The van der Waals surface area contributed by atoms with Gasteiger partial charge in [0.25, 0.3) is 0 Å². The number of nitrogens with one attached hydrogen (secondary N) is 2. The molecule has 0 aromatic heterocycles. The van der Waals surface area contributed by atoms with Crippen molar-refractivity contribution in [3.8, 4) is 0 Å². The van der Waals surface area contributed by atoms with Crippen molar-refractivity contribution in [2.24, 2.45) is 4.99 Å². The molecule has 2 aromatic rings. The average Bonchev–Trinajstić information content (AvgIpc) is 2.52. The van der Waals surface area contributed by atoms with E-state index in [1.54, 1.807) is 0 Å². The van der Waals surface area contributed by atoms with Crippen molar-refractivity contribution in [3.05, 3.63) is 71.3 Å². The number of hydrogen-bond acceptors (Lipinski definition) is 1. The highest BCUT2D eigenvalue weighted by atomic mass is 15.2. The SMILES string of the molecule is CCNC(=NCc1ccccc1)NCc1ccc(C)cc1. The summed E-state index contributed by atoms with van der Waals surface area (Å²) in [4.78, 5) is 4.61. The molecule has 0 atom stereocenters. The van der Waals surface area contributed by atoms with Crippen molar-refractivity contribution in [1.29, 1.82) is 0 Å². The Morgan fingerprint density at radius 1 is 0.905 bits per heavy atom. The van der Waals surface area contributed by atoms with Crippen LogP contribution in [0.4, 0.5) is 0 Å². The van der Waals surface area contributed by atoms with Crippen LogP contribution in [0.2, 0.25) is 0 Å². The predicted molar refractivity (Wildman–Crippen MR) is 89.3 cm³/mol. The topological polar surface area (TPSA) is 36.4 Å². The van der Waals surface area contributed by atoms with Crippen LogP contribution in [0, 0.1) is 6.92 Å². The molecule has 0 fully saturated rings. The predicted octanol–water partition coefficient (Wildman–Crippen LogP) is 3.25. The number of benzene rings is 2. The number of rotatable bonds is 5. The number of guanidine groups is 1. The van der Waals surface area contributed by atoms with Gasteiger partial charge in [0, 0.05) is 13.1 Å². The maximum absolute atomic E-state index is 4.61. The van der Waals surface area contributed by atoms with Crippen LogP contribution in [0.25, 0.3) is 0 Å². The van der Waals surface area contributed by atoms with E-state index in [0.717, 1.165) is 19.0 Å². The highest BCUT2D eigenvalue weighted by Gasteiger charge is 1.98. The molecule has 0 aliphatic rings. The highest BCUT2D eigenvalue weighted by Crippen LogP contribution is 2.03. The zero-order valence-electron chi connectivity index (χ0n) is 12.8. The quantitative estimate of drug-likeness (QED) is 0.652. The zero-order chi connectivity index (χ0) is 14.9. The van der Waals surface area contributed by atoms with E-state index in [9.17, 15) is 0 Å². The number of aliphatic imine (C=N–C) groups is 1. The van der Waals surface area contributed by atoms with Gasteiger partial charge >= 0.3 is 0 Å². The molecule has 0 amide bonds. The number of hydrogen-bond donors (Lipinski definition) is 2. The lowest BCUT2D eigenvalue weighted by Gasteiger charge is -2.11. The molecule has 21 heavy (non-hydrogen) atoms. The molecular weight excluding hydrogens is 258 g/mol. The van der Waals surface area contributed by atoms with Crippen LogP contribution in [-0.4, -0.2) is 12.5 Å². The Labute approximate surface area is 127 Å². The summed E-state index contributed by atoms with van der Waals surface area (Å²) in [5, 5.41) is 6.64. The zero-order valence-corrected chi connectivity index (χ0v) is 12.8. The Morgan fingerprint density at radius 2 is 1.62 bits per heavy atom. The van der Waals surface area contributed by atoms with Gasteiger partial charge in [-0.25, -0.2) is 4.99 Å². The molecule has 110 valence electrons. The third-order valence-electron chi connectivity index (χ3n) is 3.19. The minimum Gasteiger partial charge on any atom is -0.357 e. The smallest absolute Gasteiger partial charge is 0.191 e. The fourth-order valence-electron chi connectivity index (χ4n) is 1.99. The summed E-state index contributed by atoms with van der Waals surface area (Å²) < 4.78 is 0. The van der Waals surface area contributed by atoms with Gasteiger partial charge in [0.2, 0.25) is 0 Å². The van der Waals surface area contributed by atoms with Gasteiger partial charge < -0.3 is 10.6 Å². The number of aryl methyl sites for hydroxylation is 1. The van der Waals surface area contributed by atoms with Crippen molar-refractivity contribution in [1.82, 2.24) is 10.6 Å². The number of nitrogens with zero attached hydrogens (tertiary/aromatic N) is 1. The van der Waals surface area contributed by atoms with E-state index in [1.807, 2.05) is 18.2 Å². The second-order valence-corrected chi connectivity index (χ2v) is 5.02. The molecule has 0 radical (unpaired) electrons. The van der Waals surface area contributed by atoms with Crippen molar-refractivity contribution in [2.45, 2.75) is 26.9 Å². The van der Waals surface area contributed by atoms with E-state index >= 15 is 0 Å². The summed E-state index contributed by atoms with van der Waals surface area (Å²) in [6.45, 7) is 6.49. The van der Waals surface area contributed by atoms with Gasteiger partial charge in [0.15, 0.2) is 5.96 Å². The third-order valence-corrected chi connectivity index (χ3v) is 3.19. The fraction of sp³-hybridized carbons (Fsp3) is 0.278.